The maximum Gasteiger partial charge on any atom is 0.341 e. The molecule has 0 saturated carbocycles. The molecular weight excluding hydrogens is 394 g/mol. The van der Waals surface area contributed by atoms with Gasteiger partial charge in [0.2, 0.25) is 0 Å². The molecule has 168 valence electrons. The third-order valence-corrected chi connectivity index (χ3v) is 4.26. The summed E-state index contributed by atoms with van der Waals surface area (Å²) in [5, 5.41) is 15.0. The molecule has 1 saturated heterocycles. The van der Waals surface area contributed by atoms with E-state index in [0.717, 1.165) is 0 Å². The minimum Gasteiger partial charge on any atom is -0.458 e. The minimum atomic E-state index is -2.17. The summed E-state index contributed by atoms with van der Waals surface area (Å²) in [6.07, 6.45) is 0.125. The lowest BCUT2D eigenvalue weighted by Gasteiger charge is -2.38. The molecule has 1 fully saturated rings. The van der Waals surface area contributed by atoms with E-state index in [2.05, 4.69) is 5.10 Å². The molecule has 1 aromatic heterocycles. The van der Waals surface area contributed by atoms with Gasteiger partial charge in [-0.25, -0.2) is 9.48 Å². The van der Waals surface area contributed by atoms with Crippen molar-refractivity contribution in [2.24, 2.45) is 5.41 Å². The lowest BCUT2D eigenvalue weighted by Crippen LogP contribution is -2.61. The van der Waals surface area contributed by atoms with Gasteiger partial charge >= 0.3 is 11.9 Å². The van der Waals surface area contributed by atoms with E-state index in [1.54, 1.807) is 53.8 Å². The quantitative estimate of drug-likeness (QED) is 0.700. The van der Waals surface area contributed by atoms with Crippen LogP contribution >= 0.6 is 0 Å². The Bertz CT molecular complexity index is 802. The lowest BCUT2D eigenvalue weighted by molar-refractivity contribution is -0.194. The number of carbonyl (C=O) groups is 3. The van der Waals surface area contributed by atoms with Crippen LogP contribution < -0.4 is 4.90 Å². The molecule has 1 aliphatic rings. The largest absolute Gasteiger partial charge is 0.458 e. The molecule has 1 N–H and O–H groups in total. The highest BCUT2D eigenvalue weighted by Gasteiger charge is 2.50. The normalized spacial score (nSPS) is 19.9. The van der Waals surface area contributed by atoms with Crippen LogP contribution in [0.25, 0.3) is 0 Å². The molecule has 0 aromatic carbocycles. The predicted molar refractivity (Wildman–Crippen MR) is 106 cm³/mol. The monoisotopic (exact) mass is 425 g/mol. The van der Waals surface area contributed by atoms with E-state index in [4.69, 9.17) is 14.2 Å². The third kappa shape index (κ3) is 5.57. The van der Waals surface area contributed by atoms with E-state index in [-0.39, 0.29) is 25.9 Å². The fraction of sp³-hybridized carbons (Fsp3) is 0.700. The molecule has 0 bridgehead atoms. The standard InChI is InChI=1S/C20H31N3O7/c1-18(2,3)16(25)29-12-22-9-8-13(21-22)23-10-11-28-14(15(23)24)20(7,27)17(26)30-19(4,5)6/h8-9,14,27H,10-12H2,1-7H3. The molecule has 0 spiro atoms. The summed E-state index contributed by atoms with van der Waals surface area (Å²) in [5.41, 5.74) is -3.65. The second kappa shape index (κ2) is 8.35. The van der Waals surface area contributed by atoms with Gasteiger partial charge in [-0.1, -0.05) is 0 Å². The first-order valence-corrected chi connectivity index (χ1v) is 9.72. The number of hydrogen-bond acceptors (Lipinski definition) is 8. The summed E-state index contributed by atoms with van der Waals surface area (Å²) >= 11 is 0. The number of morpholine rings is 1. The van der Waals surface area contributed by atoms with Crippen molar-refractivity contribution in [2.75, 3.05) is 18.1 Å². The van der Waals surface area contributed by atoms with E-state index in [9.17, 15) is 19.5 Å². The number of esters is 2. The first kappa shape index (κ1) is 23.8. The summed E-state index contributed by atoms with van der Waals surface area (Å²) in [5.74, 6) is -1.65. The zero-order valence-corrected chi connectivity index (χ0v) is 18.6. The second-order valence-corrected chi connectivity index (χ2v) is 9.41. The minimum absolute atomic E-state index is 0.0984. The Morgan fingerprint density at radius 1 is 1.20 bits per heavy atom. The SMILES string of the molecule is CC(C)(C)OC(=O)C(C)(O)C1OCCN(c2ccn(COC(=O)C(C)(C)C)n2)C1=O. The molecule has 2 heterocycles. The van der Waals surface area contributed by atoms with E-state index in [1.807, 2.05) is 0 Å². The van der Waals surface area contributed by atoms with Crippen LogP contribution in [0.1, 0.15) is 48.5 Å². The van der Waals surface area contributed by atoms with Crippen LogP contribution in [0.3, 0.4) is 0 Å². The number of aliphatic hydroxyl groups is 1. The Labute approximate surface area is 176 Å². The molecule has 2 rings (SSSR count). The fourth-order valence-corrected chi connectivity index (χ4v) is 2.61. The molecule has 1 aromatic rings. The van der Waals surface area contributed by atoms with E-state index in [1.165, 1.54) is 16.5 Å². The van der Waals surface area contributed by atoms with Crippen LogP contribution in [-0.2, 0) is 35.3 Å². The average Bonchev–Trinajstić information content (AvgIpc) is 3.06. The highest BCUT2D eigenvalue weighted by molar-refractivity contribution is 6.01. The molecule has 0 aliphatic carbocycles. The molecule has 1 amide bonds. The van der Waals surface area contributed by atoms with Crippen LogP contribution in [0.4, 0.5) is 5.82 Å². The smallest absolute Gasteiger partial charge is 0.341 e. The zero-order chi connectivity index (χ0) is 22.9. The van der Waals surface area contributed by atoms with Crippen molar-refractivity contribution in [3.8, 4) is 0 Å². The van der Waals surface area contributed by atoms with Crippen molar-refractivity contribution in [3.63, 3.8) is 0 Å². The third-order valence-electron chi connectivity index (χ3n) is 4.26. The highest BCUT2D eigenvalue weighted by Crippen LogP contribution is 2.26. The zero-order valence-electron chi connectivity index (χ0n) is 18.6. The first-order valence-electron chi connectivity index (χ1n) is 9.72. The summed E-state index contributed by atoms with van der Waals surface area (Å²) in [7, 11) is 0. The number of nitrogens with zero attached hydrogens (tertiary/aromatic N) is 3. The van der Waals surface area contributed by atoms with Gasteiger partial charge in [-0.3, -0.25) is 14.5 Å². The van der Waals surface area contributed by atoms with Gasteiger partial charge in [-0.15, -0.1) is 0 Å². The number of ether oxygens (including phenoxy) is 3. The topological polar surface area (TPSA) is 120 Å². The van der Waals surface area contributed by atoms with Crippen molar-refractivity contribution < 1.29 is 33.7 Å². The lowest BCUT2D eigenvalue weighted by atomic mass is 9.96. The summed E-state index contributed by atoms with van der Waals surface area (Å²) in [4.78, 5) is 38.6. The summed E-state index contributed by atoms with van der Waals surface area (Å²) in [6.45, 7) is 11.6. The van der Waals surface area contributed by atoms with Crippen molar-refractivity contribution in [1.82, 2.24) is 9.78 Å². The fourth-order valence-electron chi connectivity index (χ4n) is 2.61. The molecule has 0 radical (unpaired) electrons. The molecular formula is C20H31N3O7. The second-order valence-electron chi connectivity index (χ2n) is 9.41. The van der Waals surface area contributed by atoms with Crippen molar-refractivity contribution in [1.29, 1.82) is 0 Å². The molecule has 10 nitrogen and oxygen atoms in total. The highest BCUT2D eigenvalue weighted by atomic mass is 16.6. The van der Waals surface area contributed by atoms with Crippen LogP contribution in [0.15, 0.2) is 12.3 Å². The number of aromatic nitrogens is 2. The molecule has 1 aliphatic heterocycles. The number of anilines is 1. The van der Waals surface area contributed by atoms with E-state index >= 15 is 0 Å². The average molecular weight is 425 g/mol. The Kier molecular flexibility index (Phi) is 6.63. The Balaban J connectivity index is 2.11. The van der Waals surface area contributed by atoms with Crippen LogP contribution in [0.5, 0.6) is 0 Å². The van der Waals surface area contributed by atoms with Crippen molar-refractivity contribution >= 4 is 23.7 Å². The Hall–Kier alpha value is -2.46. The van der Waals surface area contributed by atoms with Gasteiger partial charge in [0.15, 0.2) is 24.3 Å². The summed E-state index contributed by atoms with van der Waals surface area (Å²) < 4.78 is 17.2. The van der Waals surface area contributed by atoms with Gasteiger partial charge in [0, 0.05) is 12.3 Å². The van der Waals surface area contributed by atoms with Gasteiger partial charge < -0.3 is 19.3 Å². The van der Waals surface area contributed by atoms with Gasteiger partial charge in [0.05, 0.1) is 18.6 Å². The van der Waals surface area contributed by atoms with Crippen molar-refractivity contribution in [2.45, 2.75) is 72.5 Å². The van der Waals surface area contributed by atoms with Crippen LogP contribution in [0.2, 0.25) is 0 Å². The number of carbonyl (C=O) groups excluding carboxylic acids is 3. The van der Waals surface area contributed by atoms with Crippen LogP contribution in [-0.4, -0.2) is 63.2 Å². The summed E-state index contributed by atoms with van der Waals surface area (Å²) in [6, 6.07) is 1.58. The van der Waals surface area contributed by atoms with Gasteiger partial charge in [0.1, 0.15) is 5.60 Å². The van der Waals surface area contributed by atoms with Crippen molar-refractivity contribution in [3.05, 3.63) is 12.3 Å². The Morgan fingerprint density at radius 2 is 1.83 bits per heavy atom. The van der Waals surface area contributed by atoms with Crippen LogP contribution in [0, 0.1) is 5.41 Å². The van der Waals surface area contributed by atoms with Gasteiger partial charge in [-0.05, 0) is 48.5 Å². The number of rotatable bonds is 5. The predicted octanol–water partition coefficient (Wildman–Crippen LogP) is 1.25. The number of amides is 1. The van der Waals surface area contributed by atoms with E-state index < -0.39 is 34.6 Å². The molecule has 2 unspecified atom stereocenters. The molecule has 30 heavy (non-hydrogen) atoms. The maximum absolute atomic E-state index is 12.9. The maximum atomic E-state index is 12.9. The van der Waals surface area contributed by atoms with E-state index in [0.29, 0.717) is 5.82 Å². The molecule has 2 atom stereocenters. The Morgan fingerprint density at radius 3 is 2.40 bits per heavy atom. The molecule has 10 heteroatoms. The first-order chi connectivity index (χ1) is 13.6. The van der Waals surface area contributed by atoms with Gasteiger partial charge in [0.25, 0.3) is 5.91 Å². The van der Waals surface area contributed by atoms with Gasteiger partial charge in [-0.2, -0.15) is 5.10 Å². The number of hydrogen-bond donors (Lipinski definition) is 1.